The molecule has 1 saturated heterocycles. The number of H-pyrrole nitrogens is 1. The maximum atomic E-state index is 4.50. The predicted octanol–water partition coefficient (Wildman–Crippen LogP) is 3.59. The molecule has 130 valence electrons. The van der Waals surface area contributed by atoms with Crippen molar-refractivity contribution in [1.82, 2.24) is 19.4 Å². The van der Waals surface area contributed by atoms with Crippen LogP contribution in [0.25, 0.3) is 10.9 Å². The quantitative estimate of drug-likeness (QED) is 0.795. The Hall–Kier alpha value is -2.07. The molecular weight excluding hydrogens is 308 g/mol. The number of nitrogens with zero attached hydrogens (tertiary/aromatic N) is 3. The molecule has 1 aliphatic heterocycles. The molecule has 0 spiro atoms. The highest BCUT2D eigenvalue weighted by atomic mass is 15.2. The highest BCUT2D eigenvalue weighted by Crippen LogP contribution is 2.44. The second-order valence-corrected chi connectivity index (χ2v) is 7.85. The fourth-order valence-electron chi connectivity index (χ4n) is 5.29. The van der Waals surface area contributed by atoms with Crippen LogP contribution in [0.4, 0.5) is 0 Å². The Bertz CT molecular complexity index is 906. The Balaban J connectivity index is 1.48. The van der Waals surface area contributed by atoms with Crippen LogP contribution in [0.5, 0.6) is 0 Å². The Kier molecular flexibility index (Phi) is 3.49. The van der Waals surface area contributed by atoms with Gasteiger partial charge in [0, 0.05) is 61.0 Å². The van der Waals surface area contributed by atoms with Crippen molar-refractivity contribution in [2.45, 2.75) is 44.7 Å². The molecule has 3 heterocycles. The van der Waals surface area contributed by atoms with Crippen LogP contribution in [0.15, 0.2) is 36.8 Å². The first-order valence-electron chi connectivity index (χ1n) is 9.53. The van der Waals surface area contributed by atoms with Gasteiger partial charge in [0.1, 0.15) is 5.82 Å². The van der Waals surface area contributed by atoms with Gasteiger partial charge in [0.05, 0.1) is 0 Å². The van der Waals surface area contributed by atoms with Gasteiger partial charge in [-0.2, -0.15) is 0 Å². The van der Waals surface area contributed by atoms with Crippen molar-refractivity contribution >= 4 is 10.9 Å². The van der Waals surface area contributed by atoms with E-state index in [0.717, 1.165) is 13.0 Å². The molecule has 0 bridgehead atoms. The lowest BCUT2D eigenvalue weighted by Gasteiger charge is -2.45. The molecule has 3 aromatic rings. The number of likely N-dealkylation sites (N-methyl/N-ethyl adjacent to an activating group) is 1. The van der Waals surface area contributed by atoms with Crippen molar-refractivity contribution in [1.29, 1.82) is 0 Å². The van der Waals surface area contributed by atoms with E-state index in [0.29, 0.717) is 17.9 Å². The second kappa shape index (κ2) is 5.73. The van der Waals surface area contributed by atoms with E-state index in [2.05, 4.69) is 64.0 Å². The summed E-state index contributed by atoms with van der Waals surface area (Å²) in [6.07, 6.45) is 9.78. The molecule has 4 heteroatoms. The monoisotopic (exact) mass is 334 g/mol. The highest BCUT2D eigenvalue weighted by molar-refractivity contribution is 5.88. The van der Waals surface area contributed by atoms with Crippen molar-refractivity contribution in [2.24, 2.45) is 5.92 Å². The van der Waals surface area contributed by atoms with Crippen LogP contribution in [0.3, 0.4) is 0 Å². The molecule has 2 aromatic heterocycles. The first-order chi connectivity index (χ1) is 12.2. The van der Waals surface area contributed by atoms with Crippen molar-refractivity contribution in [3.63, 3.8) is 0 Å². The molecule has 5 rings (SSSR count). The SMILES string of the molecule is CCc1nccn1C[C@@H]1C[C@@H]2c3cccc4[nH]cc(c34)C[C@H]2N(C)C1. The standard InChI is InChI=1S/C21H26N4/c1-3-20-22-7-8-25(20)13-14-9-17-16-5-4-6-18-21(16)15(11-23-18)10-19(17)24(2)12-14/h4-8,11,14,17,19,23H,3,9-10,12-13H2,1-2H3/t14-,17-,19-/m1/s1. The lowest BCUT2D eigenvalue weighted by atomic mass is 9.72. The van der Waals surface area contributed by atoms with E-state index in [4.69, 9.17) is 0 Å². The number of aromatic amines is 1. The molecule has 4 nitrogen and oxygen atoms in total. The van der Waals surface area contributed by atoms with E-state index in [1.54, 1.807) is 5.56 Å². The average Bonchev–Trinajstić information content (AvgIpc) is 3.24. The maximum Gasteiger partial charge on any atom is 0.108 e. The number of imidazole rings is 1. The van der Waals surface area contributed by atoms with Gasteiger partial charge in [-0.1, -0.05) is 19.1 Å². The van der Waals surface area contributed by atoms with E-state index >= 15 is 0 Å². The summed E-state index contributed by atoms with van der Waals surface area (Å²) in [4.78, 5) is 10.6. The minimum absolute atomic E-state index is 0.638. The fraction of sp³-hybridized carbons (Fsp3) is 0.476. The van der Waals surface area contributed by atoms with Gasteiger partial charge in [-0.25, -0.2) is 4.98 Å². The number of nitrogens with one attached hydrogen (secondary N) is 1. The molecule has 0 saturated carbocycles. The molecule has 0 unspecified atom stereocenters. The van der Waals surface area contributed by atoms with Crippen LogP contribution < -0.4 is 0 Å². The number of rotatable bonds is 3. The molecular formula is C21H26N4. The first-order valence-corrected chi connectivity index (χ1v) is 9.53. The zero-order valence-corrected chi connectivity index (χ0v) is 15.1. The number of likely N-dealkylation sites (tertiary alicyclic amines) is 1. The Morgan fingerprint density at radius 2 is 2.24 bits per heavy atom. The second-order valence-electron chi connectivity index (χ2n) is 7.85. The van der Waals surface area contributed by atoms with Crippen LogP contribution in [-0.4, -0.2) is 39.1 Å². The number of hydrogen-bond acceptors (Lipinski definition) is 2. The van der Waals surface area contributed by atoms with Gasteiger partial charge in [-0.3, -0.25) is 0 Å². The molecule has 1 N–H and O–H groups in total. The van der Waals surface area contributed by atoms with Crippen LogP contribution in [0, 0.1) is 5.92 Å². The normalized spacial score (nSPS) is 26.1. The Labute approximate surface area is 148 Å². The summed E-state index contributed by atoms with van der Waals surface area (Å²) in [6, 6.07) is 7.43. The summed E-state index contributed by atoms with van der Waals surface area (Å²) in [5.41, 5.74) is 4.36. The van der Waals surface area contributed by atoms with Crippen LogP contribution >= 0.6 is 0 Å². The molecule has 1 fully saturated rings. The summed E-state index contributed by atoms with van der Waals surface area (Å²) < 4.78 is 2.37. The van der Waals surface area contributed by atoms with Crippen LogP contribution in [0.1, 0.15) is 36.2 Å². The van der Waals surface area contributed by atoms with Gasteiger partial charge in [0.15, 0.2) is 0 Å². The summed E-state index contributed by atoms with van der Waals surface area (Å²) in [6.45, 7) is 4.46. The van der Waals surface area contributed by atoms with Crippen molar-refractivity contribution in [3.8, 4) is 0 Å². The van der Waals surface area contributed by atoms with E-state index < -0.39 is 0 Å². The molecule has 0 radical (unpaired) electrons. The minimum Gasteiger partial charge on any atom is -0.361 e. The lowest BCUT2D eigenvalue weighted by molar-refractivity contribution is 0.103. The van der Waals surface area contributed by atoms with Gasteiger partial charge < -0.3 is 14.5 Å². The zero-order chi connectivity index (χ0) is 17.0. The van der Waals surface area contributed by atoms with Gasteiger partial charge in [-0.15, -0.1) is 0 Å². The molecule has 2 aliphatic rings. The van der Waals surface area contributed by atoms with Gasteiger partial charge in [-0.05, 0) is 43.0 Å². The number of hydrogen-bond donors (Lipinski definition) is 1. The van der Waals surface area contributed by atoms with Crippen molar-refractivity contribution < 1.29 is 0 Å². The highest BCUT2D eigenvalue weighted by Gasteiger charge is 2.39. The smallest absolute Gasteiger partial charge is 0.108 e. The number of piperidine rings is 1. The molecule has 0 amide bonds. The van der Waals surface area contributed by atoms with Crippen LogP contribution in [0.2, 0.25) is 0 Å². The first kappa shape index (κ1) is 15.2. The summed E-state index contributed by atoms with van der Waals surface area (Å²) in [7, 11) is 2.32. The fourth-order valence-corrected chi connectivity index (χ4v) is 5.29. The van der Waals surface area contributed by atoms with Crippen LogP contribution in [-0.2, 0) is 19.4 Å². The van der Waals surface area contributed by atoms with E-state index in [-0.39, 0.29) is 0 Å². The number of aromatic nitrogens is 3. The molecule has 3 atom stereocenters. The molecule has 1 aromatic carbocycles. The van der Waals surface area contributed by atoms with E-state index in [9.17, 15) is 0 Å². The average molecular weight is 334 g/mol. The van der Waals surface area contributed by atoms with Gasteiger partial charge in [0.25, 0.3) is 0 Å². The Morgan fingerprint density at radius 3 is 3.12 bits per heavy atom. The summed E-state index contributed by atoms with van der Waals surface area (Å²) in [5, 5.41) is 1.50. The lowest BCUT2D eigenvalue weighted by Crippen LogP contribution is -2.48. The zero-order valence-electron chi connectivity index (χ0n) is 15.1. The largest absolute Gasteiger partial charge is 0.361 e. The topological polar surface area (TPSA) is 36.9 Å². The summed E-state index contributed by atoms with van der Waals surface area (Å²) in [5.74, 6) is 2.54. The minimum atomic E-state index is 0.638. The molecule has 25 heavy (non-hydrogen) atoms. The van der Waals surface area contributed by atoms with Gasteiger partial charge in [0.2, 0.25) is 0 Å². The predicted molar refractivity (Wildman–Crippen MR) is 101 cm³/mol. The van der Waals surface area contributed by atoms with E-state index in [1.807, 2.05) is 6.20 Å². The maximum absolute atomic E-state index is 4.50. The number of aryl methyl sites for hydroxylation is 1. The number of benzene rings is 1. The third-order valence-electron chi connectivity index (χ3n) is 6.39. The molecule has 1 aliphatic carbocycles. The summed E-state index contributed by atoms with van der Waals surface area (Å²) >= 11 is 0. The van der Waals surface area contributed by atoms with Crippen molar-refractivity contribution in [3.05, 3.63) is 53.7 Å². The van der Waals surface area contributed by atoms with E-state index in [1.165, 1.54) is 41.7 Å². The number of fused-ring (bicyclic) bond motifs is 2. The third kappa shape index (κ3) is 2.35. The van der Waals surface area contributed by atoms with Crippen molar-refractivity contribution in [2.75, 3.05) is 13.6 Å². The Morgan fingerprint density at radius 1 is 1.32 bits per heavy atom. The third-order valence-corrected chi connectivity index (χ3v) is 6.39. The van der Waals surface area contributed by atoms with Gasteiger partial charge >= 0.3 is 0 Å².